The van der Waals surface area contributed by atoms with Crippen LogP contribution in [-0.2, 0) is 9.59 Å². The van der Waals surface area contributed by atoms with Crippen LogP contribution < -0.4 is 10.1 Å². The number of nitrogens with zero attached hydrogens (tertiary/aromatic N) is 4. The molecule has 2 N–H and O–H groups in total. The average molecular weight is 618 g/mol. The van der Waals surface area contributed by atoms with E-state index in [0.29, 0.717) is 29.4 Å². The predicted molar refractivity (Wildman–Crippen MR) is 163 cm³/mol. The van der Waals surface area contributed by atoms with E-state index in [-0.39, 0.29) is 29.6 Å². The molecule has 1 fully saturated rings. The number of pyridine rings is 1. The second-order valence-electron chi connectivity index (χ2n) is 11.5. The number of halogens is 1. The number of ketones is 1. The van der Waals surface area contributed by atoms with E-state index in [9.17, 15) is 24.3 Å². The molecule has 11 nitrogen and oxygen atoms in total. The minimum absolute atomic E-state index is 0.127. The number of carbonyl (C=O) groups excluding carboxylic acids is 3. The molecule has 0 aliphatic carbocycles. The van der Waals surface area contributed by atoms with Crippen molar-refractivity contribution in [1.29, 1.82) is 0 Å². The van der Waals surface area contributed by atoms with Gasteiger partial charge in [0.1, 0.15) is 36.2 Å². The lowest BCUT2D eigenvalue weighted by molar-refractivity contribution is -0.136. The van der Waals surface area contributed by atoms with Gasteiger partial charge in [0.25, 0.3) is 0 Å². The van der Waals surface area contributed by atoms with Crippen molar-refractivity contribution in [2.24, 2.45) is 4.99 Å². The summed E-state index contributed by atoms with van der Waals surface area (Å²) in [6, 6.07) is 15.4. The van der Waals surface area contributed by atoms with Crippen LogP contribution in [0.4, 0.5) is 4.79 Å². The van der Waals surface area contributed by atoms with E-state index in [0.717, 1.165) is 5.56 Å². The van der Waals surface area contributed by atoms with Crippen LogP contribution >= 0.6 is 11.6 Å². The Morgan fingerprint density at radius 2 is 1.84 bits per heavy atom. The summed E-state index contributed by atoms with van der Waals surface area (Å²) in [7, 11) is 0. The lowest BCUT2D eigenvalue weighted by Gasteiger charge is -2.36. The minimum atomic E-state index is -1.25. The largest absolute Gasteiger partial charge is 0.487 e. The number of nitrogens with one attached hydrogen (secondary N) is 1. The van der Waals surface area contributed by atoms with Gasteiger partial charge in [-0.15, -0.1) is 0 Å². The summed E-state index contributed by atoms with van der Waals surface area (Å²) in [6.45, 7) is 5.98. The van der Waals surface area contributed by atoms with Gasteiger partial charge < -0.3 is 20.1 Å². The number of aromatic nitrogens is 1. The van der Waals surface area contributed by atoms with E-state index < -0.39 is 41.9 Å². The Labute approximate surface area is 259 Å². The first-order valence-electron chi connectivity index (χ1n) is 14.1. The number of piperazine rings is 1. The zero-order valence-electron chi connectivity index (χ0n) is 24.5. The lowest BCUT2D eigenvalue weighted by atomic mass is 9.96. The highest BCUT2D eigenvalue weighted by molar-refractivity contribution is 6.30. The fourth-order valence-corrected chi connectivity index (χ4v) is 5.33. The van der Waals surface area contributed by atoms with Gasteiger partial charge in [0.15, 0.2) is 5.78 Å². The zero-order chi connectivity index (χ0) is 31.6. The highest BCUT2D eigenvalue weighted by Gasteiger charge is 2.45. The number of amides is 3. The number of rotatable bonds is 7. The molecular weight excluding hydrogens is 586 g/mol. The van der Waals surface area contributed by atoms with E-state index in [2.05, 4.69) is 10.3 Å². The fraction of sp³-hybridized carbons (Fsp3) is 0.312. The van der Waals surface area contributed by atoms with Crippen molar-refractivity contribution < 1.29 is 29.0 Å². The molecule has 1 aromatic heterocycles. The van der Waals surface area contributed by atoms with Crippen molar-refractivity contribution in [2.75, 3.05) is 19.6 Å². The van der Waals surface area contributed by atoms with Crippen molar-refractivity contribution in [3.05, 3.63) is 94.3 Å². The number of ether oxygens (including phenoxy) is 1. The zero-order valence-corrected chi connectivity index (χ0v) is 25.2. The van der Waals surface area contributed by atoms with E-state index in [1.165, 1.54) is 17.0 Å². The Morgan fingerprint density at radius 3 is 2.48 bits per heavy atom. The molecule has 2 aliphatic heterocycles. The molecule has 2 unspecified atom stereocenters. The van der Waals surface area contributed by atoms with Crippen LogP contribution in [0.2, 0.25) is 5.02 Å². The molecular formula is C32H32ClN5O6. The van der Waals surface area contributed by atoms with Crippen molar-refractivity contribution >= 4 is 41.1 Å². The van der Waals surface area contributed by atoms with Gasteiger partial charge in [-0.2, -0.15) is 0 Å². The molecule has 44 heavy (non-hydrogen) atoms. The summed E-state index contributed by atoms with van der Waals surface area (Å²) in [4.78, 5) is 63.4. The van der Waals surface area contributed by atoms with Gasteiger partial charge in [0, 0.05) is 29.9 Å². The van der Waals surface area contributed by atoms with Gasteiger partial charge in [0.2, 0.25) is 5.91 Å². The number of hydrogen-bond donors (Lipinski definition) is 2. The Bertz CT molecular complexity index is 1620. The van der Waals surface area contributed by atoms with Gasteiger partial charge in [-0.3, -0.25) is 29.3 Å². The highest BCUT2D eigenvalue weighted by Crippen LogP contribution is 2.45. The molecule has 1 saturated heterocycles. The normalized spacial score (nSPS) is 18.5. The van der Waals surface area contributed by atoms with E-state index in [1.54, 1.807) is 35.4 Å². The first-order valence-corrected chi connectivity index (χ1v) is 14.5. The molecule has 228 valence electrons. The molecule has 3 aromatic rings. The summed E-state index contributed by atoms with van der Waals surface area (Å²) < 4.78 is 6.30. The third-order valence-corrected chi connectivity index (χ3v) is 7.31. The molecule has 5 rings (SSSR count). The fourth-order valence-electron chi connectivity index (χ4n) is 5.20. The summed E-state index contributed by atoms with van der Waals surface area (Å²) in [6.07, 6.45) is 0.969. The monoisotopic (exact) mass is 617 g/mol. The number of carboxylic acids is 1. The maximum Gasteiger partial charge on any atom is 0.326 e. The topological polar surface area (TPSA) is 142 Å². The van der Waals surface area contributed by atoms with E-state index in [4.69, 9.17) is 21.3 Å². The molecule has 3 amide bonds. The first-order chi connectivity index (χ1) is 20.9. The number of aliphatic imine (C=N–C) groups is 1. The van der Waals surface area contributed by atoms with Crippen LogP contribution in [-0.4, -0.2) is 74.7 Å². The molecule has 0 bridgehead atoms. The van der Waals surface area contributed by atoms with Gasteiger partial charge in [-0.25, -0.2) is 4.79 Å². The smallest absolute Gasteiger partial charge is 0.326 e. The van der Waals surface area contributed by atoms with Crippen LogP contribution in [0.25, 0.3) is 0 Å². The molecule has 2 aromatic carbocycles. The van der Waals surface area contributed by atoms with Gasteiger partial charge in [-0.1, -0.05) is 35.9 Å². The summed E-state index contributed by atoms with van der Waals surface area (Å²) in [5.74, 6) is -1.60. The van der Waals surface area contributed by atoms with Crippen molar-refractivity contribution in [3.8, 4) is 5.75 Å². The number of amidine groups is 1. The second kappa shape index (κ2) is 12.5. The Hall–Kier alpha value is -4.77. The number of carboxylic acid groups (broad SMARTS) is 1. The van der Waals surface area contributed by atoms with Crippen LogP contribution in [0.5, 0.6) is 5.75 Å². The van der Waals surface area contributed by atoms with Crippen molar-refractivity contribution in [3.63, 3.8) is 0 Å². The van der Waals surface area contributed by atoms with Crippen LogP contribution in [0.1, 0.15) is 66.5 Å². The predicted octanol–water partition coefficient (Wildman–Crippen LogP) is 4.67. The summed E-state index contributed by atoms with van der Waals surface area (Å²) in [5, 5.41) is 12.5. The number of benzene rings is 2. The second-order valence-corrected chi connectivity index (χ2v) is 11.9. The van der Waals surface area contributed by atoms with Crippen LogP contribution in [0.15, 0.2) is 71.9 Å². The molecule has 2 aliphatic rings. The quantitative estimate of drug-likeness (QED) is 0.290. The standard InChI is InChI=1S/C32H32ClN5O6/c1-32(2,3)44-25-16-20(24(39)17-27(41)42)9-12-22(25)30-36-28(23-6-4-5-13-34-23)29(19-7-10-21(33)11-8-19)38(30)31(43)37-15-14-35-26(40)18-37/h4-13,16,28-29H,14-15,17-18H2,1-3H3,(H,35,40)(H,41,42). The Kier molecular flexibility index (Phi) is 8.68. The lowest BCUT2D eigenvalue weighted by Crippen LogP contribution is -2.55. The Balaban J connectivity index is 1.71. The SMILES string of the molecule is CC(C)(C)Oc1cc(C(=O)CC(=O)O)ccc1C1=NC(c2ccccn2)C(c2ccc(Cl)cc2)N1C(=O)N1CCNC(=O)C1. The molecule has 2 atom stereocenters. The number of aliphatic carboxylic acids is 1. The van der Waals surface area contributed by atoms with E-state index in [1.807, 2.05) is 45.0 Å². The third kappa shape index (κ3) is 6.73. The van der Waals surface area contributed by atoms with Gasteiger partial charge >= 0.3 is 12.0 Å². The van der Waals surface area contributed by atoms with Gasteiger partial charge in [-0.05, 0) is 62.7 Å². The molecule has 0 radical (unpaired) electrons. The summed E-state index contributed by atoms with van der Waals surface area (Å²) >= 11 is 6.23. The third-order valence-electron chi connectivity index (χ3n) is 7.06. The average Bonchev–Trinajstić information content (AvgIpc) is 3.36. The van der Waals surface area contributed by atoms with Crippen LogP contribution in [0, 0.1) is 0 Å². The number of hydrogen-bond acceptors (Lipinski definition) is 7. The minimum Gasteiger partial charge on any atom is -0.487 e. The maximum absolute atomic E-state index is 14.4. The Morgan fingerprint density at radius 1 is 1.09 bits per heavy atom. The van der Waals surface area contributed by atoms with Crippen molar-refractivity contribution in [2.45, 2.75) is 44.9 Å². The number of urea groups is 1. The highest BCUT2D eigenvalue weighted by atomic mass is 35.5. The molecule has 3 heterocycles. The first kappa shape index (κ1) is 30.7. The number of Topliss-reactive ketones (excluding diaryl/α,β-unsaturated/α-hetero) is 1. The molecule has 0 spiro atoms. The van der Waals surface area contributed by atoms with Crippen LogP contribution in [0.3, 0.4) is 0 Å². The van der Waals surface area contributed by atoms with Gasteiger partial charge in [0.05, 0.1) is 17.3 Å². The van der Waals surface area contributed by atoms with E-state index >= 15 is 0 Å². The van der Waals surface area contributed by atoms with Crippen molar-refractivity contribution in [1.82, 2.24) is 20.1 Å². The molecule has 0 saturated carbocycles. The molecule has 12 heteroatoms. The maximum atomic E-state index is 14.4. The number of carbonyl (C=O) groups is 4. The summed E-state index contributed by atoms with van der Waals surface area (Å²) in [5.41, 5.74) is 1.19.